The molecule has 0 aromatic heterocycles. The maximum atomic E-state index is 13.2. The van der Waals surface area contributed by atoms with Crippen molar-refractivity contribution in [1.82, 2.24) is 0 Å². The topological polar surface area (TPSA) is 63.3 Å². The van der Waals surface area contributed by atoms with Crippen LogP contribution in [0.25, 0.3) is 0 Å². The zero-order chi connectivity index (χ0) is 12.1. The number of hydrogen-bond acceptors (Lipinski definition) is 2. The Morgan fingerprint density at radius 3 is 2.81 bits per heavy atom. The van der Waals surface area contributed by atoms with Crippen LogP contribution in [0.3, 0.4) is 0 Å². The van der Waals surface area contributed by atoms with Crippen molar-refractivity contribution in [2.75, 3.05) is 0 Å². The summed E-state index contributed by atoms with van der Waals surface area (Å²) in [5.41, 5.74) is 7.24. The molecule has 0 saturated heterocycles. The summed E-state index contributed by atoms with van der Waals surface area (Å²) in [6.45, 7) is 1.87. The van der Waals surface area contributed by atoms with Crippen molar-refractivity contribution >= 4 is 5.97 Å². The summed E-state index contributed by atoms with van der Waals surface area (Å²) in [6, 6.07) is 4.36. The van der Waals surface area contributed by atoms with Crippen LogP contribution in [0.2, 0.25) is 0 Å². The molecule has 0 spiro atoms. The van der Waals surface area contributed by atoms with Gasteiger partial charge in [0.05, 0.1) is 0 Å². The summed E-state index contributed by atoms with van der Waals surface area (Å²) < 4.78 is 13.2. The first kappa shape index (κ1) is 12.6. The highest BCUT2D eigenvalue weighted by Crippen LogP contribution is 2.19. The van der Waals surface area contributed by atoms with Crippen molar-refractivity contribution in [3.8, 4) is 0 Å². The van der Waals surface area contributed by atoms with Crippen molar-refractivity contribution in [3.05, 3.63) is 35.1 Å². The largest absolute Gasteiger partial charge is 0.481 e. The molecule has 0 fully saturated rings. The van der Waals surface area contributed by atoms with Gasteiger partial charge in [-0.05, 0) is 30.0 Å². The number of carbonyl (C=O) groups is 1. The van der Waals surface area contributed by atoms with Gasteiger partial charge in [0.25, 0.3) is 0 Å². The van der Waals surface area contributed by atoms with Crippen molar-refractivity contribution in [2.45, 2.75) is 32.2 Å². The van der Waals surface area contributed by atoms with E-state index in [4.69, 9.17) is 10.8 Å². The van der Waals surface area contributed by atoms with E-state index in [1.54, 1.807) is 12.1 Å². The van der Waals surface area contributed by atoms with Crippen molar-refractivity contribution in [2.24, 2.45) is 5.73 Å². The van der Waals surface area contributed by atoms with E-state index in [2.05, 4.69) is 0 Å². The first-order chi connectivity index (χ1) is 7.54. The van der Waals surface area contributed by atoms with Crippen molar-refractivity contribution in [3.63, 3.8) is 0 Å². The lowest BCUT2D eigenvalue weighted by Gasteiger charge is -2.12. The molecule has 0 bridgehead atoms. The summed E-state index contributed by atoms with van der Waals surface area (Å²) in [4.78, 5) is 10.4. The first-order valence-corrected chi connectivity index (χ1v) is 5.30. The van der Waals surface area contributed by atoms with E-state index in [-0.39, 0.29) is 18.3 Å². The lowest BCUT2D eigenvalue weighted by Crippen LogP contribution is -2.12. The minimum absolute atomic E-state index is 0.0278. The minimum atomic E-state index is -0.867. The van der Waals surface area contributed by atoms with Crippen LogP contribution in [0.1, 0.15) is 36.9 Å². The molecule has 88 valence electrons. The first-order valence-electron chi connectivity index (χ1n) is 5.30. The molecule has 4 heteroatoms. The number of halogens is 1. The molecule has 0 aliphatic heterocycles. The van der Waals surface area contributed by atoms with Crippen LogP contribution in [-0.2, 0) is 11.2 Å². The second-order valence-corrected chi connectivity index (χ2v) is 3.74. The maximum absolute atomic E-state index is 13.2. The van der Waals surface area contributed by atoms with E-state index in [9.17, 15) is 9.18 Å². The van der Waals surface area contributed by atoms with E-state index in [1.807, 2.05) is 6.92 Å². The van der Waals surface area contributed by atoms with Gasteiger partial charge in [0.15, 0.2) is 0 Å². The highest BCUT2D eigenvalue weighted by molar-refractivity contribution is 5.66. The number of benzene rings is 1. The highest BCUT2D eigenvalue weighted by Gasteiger charge is 2.10. The molecule has 1 aromatic carbocycles. The SMILES string of the molecule is CCc1cc(C(N)CCC(=O)O)ccc1F. The van der Waals surface area contributed by atoms with Crippen LogP contribution in [0.5, 0.6) is 0 Å². The fraction of sp³-hybridized carbons (Fsp3) is 0.417. The third kappa shape index (κ3) is 3.31. The summed E-state index contributed by atoms with van der Waals surface area (Å²) in [6.07, 6.45) is 0.995. The summed E-state index contributed by atoms with van der Waals surface area (Å²) in [5, 5.41) is 8.54. The Balaban J connectivity index is 2.75. The van der Waals surface area contributed by atoms with Crippen molar-refractivity contribution < 1.29 is 14.3 Å². The van der Waals surface area contributed by atoms with Gasteiger partial charge in [-0.3, -0.25) is 4.79 Å². The number of carboxylic acid groups (broad SMARTS) is 1. The van der Waals surface area contributed by atoms with Gasteiger partial charge in [-0.1, -0.05) is 19.1 Å². The quantitative estimate of drug-likeness (QED) is 0.807. The number of rotatable bonds is 5. The molecule has 0 aliphatic rings. The maximum Gasteiger partial charge on any atom is 0.303 e. The molecule has 0 amide bonds. The second-order valence-electron chi connectivity index (χ2n) is 3.74. The summed E-state index contributed by atoms with van der Waals surface area (Å²) in [7, 11) is 0. The Labute approximate surface area is 94.1 Å². The number of carboxylic acids is 1. The smallest absolute Gasteiger partial charge is 0.303 e. The zero-order valence-corrected chi connectivity index (χ0v) is 9.24. The number of nitrogens with two attached hydrogens (primary N) is 1. The normalized spacial score (nSPS) is 12.4. The van der Waals surface area contributed by atoms with E-state index < -0.39 is 5.97 Å². The lowest BCUT2D eigenvalue weighted by atomic mass is 9.99. The molecule has 3 N–H and O–H groups in total. The standard InChI is InChI=1S/C12H16FNO2/c1-2-8-7-9(3-4-10(8)13)11(14)5-6-12(15)16/h3-4,7,11H,2,5-6,14H2,1H3,(H,15,16). The van der Waals surface area contributed by atoms with Gasteiger partial charge in [-0.15, -0.1) is 0 Å². The van der Waals surface area contributed by atoms with Gasteiger partial charge in [-0.25, -0.2) is 4.39 Å². The van der Waals surface area contributed by atoms with Crippen LogP contribution in [-0.4, -0.2) is 11.1 Å². The fourth-order valence-electron chi connectivity index (χ4n) is 1.54. The van der Waals surface area contributed by atoms with Crippen LogP contribution >= 0.6 is 0 Å². The fourth-order valence-corrected chi connectivity index (χ4v) is 1.54. The van der Waals surface area contributed by atoms with E-state index in [0.29, 0.717) is 18.4 Å². The molecular weight excluding hydrogens is 209 g/mol. The van der Waals surface area contributed by atoms with Gasteiger partial charge in [-0.2, -0.15) is 0 Å². The lowest BCUT2D eigenvalue weighted by molar-refractivity contribution is -0.137. The Bertz CT molecular complexity index is 379. The third-order valence-electron chi connectivity index (χ3n) is 2.55. The molecule has 3 nitrogen and oxygen atoms in total. The number of aryl methyl sites for hydroxylation is 1. The van der Waals surface area contributed by atoms with Crippen molar-refractivity contribution in [1.29, 1.82) is 0 Å². The van der Waals surface area contributed by atoms with E-state index in [0.717, 1.165) is 5.56 Å². The van der Waals surface area contributed by atoms with Gasteiger partial charge >= 0.3 is 5.97 Å². The van der Waals surface area contributed by atoms with Crippen LogP contribution in [0.4, 0.5) is 4.39 Å². The molecule has 0 heterocycles. The highest BCUT2D eigenvalue weighted by atomic mass is 19.1. The molecule has 16 heavy (non-hydrogen) atoms. The van der Waals surface area contributed by atoms with Gasteiger partial charge in [0.2, 0.25) is 0 Å². The molecule has 1 rings (SSSR count). The number of hydrogen-bond donors (Lipinski definition) is 2. The molecule has 1 unspecified atom stereocenters. The van der Waals surface area contributed by atoms with Crippen LogP contribution in [0, 0.1) is 5.82 Å². The molecule has 1 aromatic rings. The predicted octanol–water partition coefficient (Wildman–Crippen LogP) is 2.25. The average Bonchev–Trinajstić information content (AvgIpc) is 2.26. The molecule has 1 atom stereocenters. The Hall–Kier alpha value is -1.42. The molecule has 0 radical (unpaired) electrons. The van der Waals surface area contributed by atoms with Crippen LogP contribution < -0.4 is 5.73 Å². The number of aliphatic carboxylic acids is 1. The minimum Gasteiger partial charge on any atom is -0.481 e. The predicted molar refractivity (Wildman–Crippen MR) is 59.6 cm³/mol. The average molecular weight is 225 g/mol. The van der Waals surface area contributed by atoms with Gasteiger partial charge in [0.1, 0.15) is 5.82 Å². The van der Waals surface area contributed by atoms with E-state index in [1.165, 1.54) is 6.07 Å². The summed E-state index contributed by atoms with van der Waals surface area (Å²) >= 11 is 0. The monoisotopic (exact) mass is 225 g/mol. The Kier molecular flexibility index (Phi) is 4.43. The molecule has 0 aliphatic carbocycles. The van der Waals surface area contributed by atoms with Gasteiger partial charge in [0, 0.05) is 12.5 Å². The Morgan fingerprint density at radius 1 is 1.56 bits per heavy atom. The van der Waals surface area contributed by atoms with Gasteiger partial charge < -0.3 is 10.8 Å². The summed E-state index contributed by atoms with van der Waals surface area (Å²) in [5.74, 6) is -1.11. The third-order valence-corrected chi connectivity index (χ3v) is 2.55. The molecule has 0 saturated carbocycles. The second kappa shape index (κ2) is 5.61. The van der Waals surface area contributed by atoms with Crippen LogP contribution in [0.15, 0.2) is 18.2 Å². The molecular formula is C12H16FNO2. The van der Waals surface area contributed by atoms with E-state index >= 15 is 0 Å². The zero-order valence-electron chi connectivity index (χ0n) is 9.24. The Morgan fingerprint density at radius 2 is 2.25 bits per heavy atom.